The minimum atomic E-state index is -0.509. The van der Waals surface area contributed by atoms with Crippen molar-refractivity contribution in [3.05, 3.63) is 35.4 Å². The summed E-state index contributed by atoms with van der Waals surface area (Å²) >= 11 is 0. The van der Waals surface area contributed by atoms with Gasteiger partial charge in [-0.15, -0.1) is 12.4 Å². The Labute approximate surface area is 181 Å². The molecule has 0 bridgehead atoms. The van der Waals surface area contributed by atoms with Crippen molar-refractivity contribution in [2.75, 3.05) is 13.1 Å². The van der Waals surface area contributed by atoms with E-state index < -0.39 is 6.04 Å². The average Bonchev–Trinajstić information content (AvgIpc) is 3.20. The second-order valence-corrected chi connectivity index (χ2v) is 9.93. The van der Waals surface area contributed by atoms with Crippen LogP contribution in [0.2, 0.25) is 0 Å². The van der Waals surface area contributed by atoms with Crippen LogP contribution in [0.4, 0.5) is 0 Å². The molecule has 1 aliphatic carbocycles. The summed E-state index contributed by atoms with van der Waals surface area (Å²) in [6.45, 7) is 11.9. The highest BCUT2D eigenvalue weighted by atomic mass is 35.5. The van der Waals surface area contributed by atoms with Gasteiger partial charge < -0.3 is 16.0 Å². The molecular weight excluding hydrogens is 386 g/mol. The molecule has 1 saturated heterocycles. The Balaban J connectivity index is 0.00000300. The molecule has 2 aliphatic rings. The second kappa shape index (κ2) is 9.05. The summed E-state index contributed by atoms with van der Waals surface area (Å²) in [7, 11) is 0. The van der Waals surface area contributed by atoms with Gasteiger partial charge in [-0.3, -0.25) is 9.59 Å². The molecule has 6 heteroatoms. The number of nitrogens with two attached hydrogens (primary N) is 1. The van der Waals surface area contributed by atoms with E-state index in [4.69, 9.17) is 5.73 Å². The third kappa shape index (κ3) is 5.13. The van der Waals surface area contributed by atoms with E-state index in [1.165, 1.54) is 5.56 Å². The molecule has 4 atom stereocenters. The maximum atomic E-state index is 13.1. The van der Waals surface area contributed by atoms with E-state index in [-0.39, 0.29) is 41.6 Å². The first-order chi connectivity index (χ1) is 13.1. The van der Waals surface area contributed by atoms with Crippen LogP contribution < -0.4 is 11.1 Å². The van der Waals surface area contributed by atoms with Crippen LogP contribution in [0.25, 0.3) is 0 Å². The van der Waals surface area contributed by atoms with Crippen LogP contribution in [-0.2, 0) is 10.2 Å². The van der Waals surface area contributed by atoms with E-state index in [9.17, 15) is 9.59 Å². The lowest BCUT2D eigenvalue weighted by Crippen LogP contribution is -2.51. The maximum Gasteiger partial charge on any atom is 0.251 e. The second-order valence-electron chi connectivity index (χ2n) is 9.93. The number of nitrogens with one attached hydrogen (secondary N) is 1. The van der Waals surface area contributed by atoms with Gasteiger partial charge in [-0.2, -0.15) is 0 Å². The van der Waals surface area contributed by atoms with Gasteiger partial charge in [0.15, 0.2) is 0 Å². The van der Waals surface area contributed by atoms with Gasteiger partial charge in [0.2, 0.25) is 5.91 Å². The van der Waals surface area contributed by atoms with Crippen LogP contribution in [0.5, 0.6) is 0 Å². The molecule has 0 aromatic heterocycles. The van der Waals surface area contributed by atoms with Crippen LogP contribution in [0.3, 0.4) is 0 Å². The molecule has 1 aromatic carbocycles. The lowest BCUT2D eigenvalue weighted by atomic mass is 9.86. The number of carbonyl (C=O) groups is 2. The SMILES string of the molecule is CC(C)C(NC(=O)c1ccc(C(C)(C)C)cc1)C(=O)N1CC2CCC(N)C2C1.Cl. The number of hydrogen-bond donors (Lipinski definition) is 2. The highest BCUT2D eigenvalue weighted by Gasteiger charge is 2.44. The maximum absolute atomic E-state index is 13.1. The predicted molar refractivity (Wildman–Crippen MR) is 119 cm³/mol. The van der Waals surface area contributed by atoms with Gasteiger partial charge in [0.25, 0.3) is 5.91 Å². The number of amides is 2. The van der Waals surface area contributed by atoms with Crippen molar-refractivity contribution >= 4 is 24.2 Å². The zero-order chi connectivity index (χ0) is 20.6. The van der Waals surface area contributed by atoms with E-state index in [0.29, 0.717) is 17.4 Å². The normalized spacial score (nSPS) is 24.8. The van der Waals surface area contributed by atoms with Crippen LogP contribution in [0.1, 0.15) is 63.4 Å². The smallest absolute Gasteiger partial charge is 0.251 e. The zero-order valence-corrected chi connectivity index (χ0v) is 19.1. The predicted octanol–water partition coefficient (Wildman–Crippen LogP) is 3.36. The number of likely N-dealkylation sites (tertiary alicyclic amines) is 1. The molecule has 3 rings (SSSR count). The van der Waals surface area contributed by atoms with Gasteiger partial charge in [0, 0.05) is 24.7 Å². The fourth-order valence-electron chi connectivity index (χ4n) is 4.54. The molecule has 4 unspecified atom stereocenters. The fourth-order valence-corrected chi connectivity index (χ4v) is 4.54. The number of benzene rings is 1. The molecule has 1 saturated carbocycles. The molecule has 1 aliphatic heterocycles. The van der Waals surface area contributed by atoms with Crippen LogP contribution in [0.15, 0.2) is 24.3 Å². The van der Waals surface area contributed by atoms with E-state index in [1.54, 1.807) is 0 Å². The summed E-state index contributed by atoms with van der Waals surface area (Å²) in [6, 6.07) is 7.36. The summed E-state index contributed by atoms with van der Waals surface area (Å²) in [5, 5.41) is 2.98. The molecule has 2 amide bonds. The quantitative estimate of drug-likeness (QED) is 0.782. The van der Waals surface area contributed by atoms with Gasteiger partial charge in [-0.05, 0) is 53.7 Å². The topological polar surface area (TPSA) is 75.4 Å². The van der Waals surface area contributed by atoms with E-state index in [0.717, 1.165) is 25.9 Å². The van der Waals surface area contributed by atoms with Crippen LogP contribution in [-0.4, -0.2) is 41.9 Å². The largest absolute Gasteiger partial charge is 0.340 e. The average molecular weight is 422 g/mol. The molecule has 162 valence electrons. The van der Waals surface area contributed by atoms with Gasteiger partial charge in [0.1, 0.15) is 6.04 Å². The molecular formula is C23H36ClN3O2. The summed E-state index contributed by atoms with van der Waals surface area (Å²) < 4.78 is 0. The standard InChI is InChI=1S/C23H35N3O2.ClH/c1-14(2)20(22(28)26-12-16-8-11-19(24)18(16)13-26)25-21(27)15-6-9-17(10-7-15)23(3,4)5;/h6-7,9-10,14,16,18-20H,8,11-13,24H2,1-5H3,(H,25,27);1H. The Bertz CT molecular complexity index is 727. The summed E-state index contributed by atoms with van der Waals surface area (Å²) in [5.41, 5.74) is 8.02. The molecule has 1 aromatic rings. The van der Waals surface area contributed by atoms with Gasteiger partial charge >= 0.3 is 0 Å². The van der Waals surface area contributed by atoms with Crippen molar-refractivity contribution in [1.82, 2.24) is 10.2 Å². The fraction of sp³-hybridized carbons (Fsp3) is 0.652. The zero-order valence-electron chi connectivity index (χ0n) is 18.3. The molecule has 0 spiro atoms. The van der Waals surface area contributed by atoms with Crippen molar-refractivity contribution in [2.24, 2.45) is 23.5 Å². The van der Waals surface area contributed by atoms with Gasteiger partial charge in [-0.25, -0.2) is 0 Å². The minimum Gasteiger partial charge on any atom is -0.340 e. The van der Waals surface area contributed by atoms with E-state index in [2.05, 4.69) is 26.1 Å². The molecule has 2 fully saturated rings. The van der Waals surface area contributed by atoms with Crippen molar-refractivity contribution in [3.8, 4) is 0 Å². The van der Waals surface area contributed by atoms with E-state index in [1.807, 2.05) is 43.0 Å². The number of hydrogen-bond acceptors (Lipinski definition) is 3. The number of rotatable bonds is 4. The highest BCUT2D eigenvalue weighted by molar-refractivity contribution is 5.97. The Hall–Kier alpha value is -1.59. The third-order valence-electron chi connectivity index (χ3n) is 6.46. The first-order valence-electron chi connectivity index (χ1n) is 10.5. The molecule has 29 heavy (non-hydrogen) atoms. The number of halogens is 1. The Morgan fingerprint density at radius 3 is 2.24 bits per heavy atom. The van der Waals surface area contributed by atoms with Gasteiger partial charge in [0.05, 0.1) is 0 Å². The number of carbonyl (C=O) groups excluding carboxylic acids is 2. The first-order valence-corrected chi connectivity index (χ1v) is 10.5. The molecule has 3 N–H and O–H groups in total. The summed E-state index contributed by atoms with van der Waals surface area (Å²) in [6.07, 6.45) is 2.17. The van der Waals surface area contributed by atoms with Gasteiger partial charge in [-0.1, -0.05) is 46.8 Å². The molecule has 0 radical (unpaired) electrons. The van der Waals surface area contributed by atoms with E-state index >= 15 is 0 Å². The molecule has 5 nitrogen and oxygen atoms in total. The third-order valence-corrected chi connectivity index (χ3v) is 6.46. The summed E-state index contributed by atoms with van der Waals surface area (Å²) in [4.78, 5) is 27.9. The van der Waals surface area contributed by atoms with Crippen LogP contribution >= 0.6 is 12.4 Å². The van der Waals surface area contributed by atoms with Crippen molar-refractivity contribution in [3.63, 3.8) is 0 Å². The monoisotopic (exact) mass is 421 g/mol. The lowest BCUT2D eigenvalue weighted by molar-refractivity contribution is -0.133. The summed E-state index contributed by atoms with van der Waals surface area (Å²) in [5.74, 6) is 0.795. The Morgan fingerprint density at radius 1 is 1.10 bits per heavy atom. The Kier molecular flexibility index (Phi) is 7.39. The lowest BCUT2D eigenvalue weighted by Gasteiger charge is -2.28. The van der Waals surface area contributed by atoms with Crippen molar-refractivity contribution in [2.45, 2.75) is 65.0 Å². The number of fused-ring (bicyclic) bond motifs is 1. The van der Waals surface area contributed by atoms with Crippen LogP contribution in [0, 0.1) is 17.8 Å². The van der Waals surface area contributed by atoms with Crippen molar-refractivity contribution < 1.29 is 9.59 Å². The first kappa shape index (κ1) is 23.7. The number of nitrogens with zero attached hydrogens (tertiary/aromatic N) is 1. The molecule has 1 heterocycles. The Morgan fingerprint density at radius 2 is 1.72 bits per heavy atom. The minimum absolute atomic E-state index is 0. The highest BCUT2D eigenvalue weighted by Crippen LogP contribution is 2.37. The van der Waals surface area contributed by atoms with Crippen molar-refractivity contribution in [1.29, 1.82) is 0 Å².